The van der Waals surface area contributed by atoms with Crippen molar-refractivity contribution in [2.45, 2.75) is 6.18 Å². The summed E-state index contributed by atoms with van der Waals surface area (Å²) in [6.45, 7) is 0. The molecule has 0 saturated heterocycles. The molecule has 0 N–H and O–H groups in total. The van der Waals surface area contributed by atoms with Gasteiger partial charge in [-0.2, -0.15) is 13.2 Å². The molecule has 0 spiro atoms. The molecular formula is C12H4Cl4F3N. The lowest BCUT2D eigenvalue weighted by Crippen LogP contribution is -2.08. The Morgan fingerprint density at radius 2 is 1.50 bits per heavy atom. The van der Waals surface area contributed by atoms with E-state index in [-0.39, 0.29) is 31.3 Å². The Balaban J connectivity index is 2.76. The van der Waals surface area contributed by atoms with Gasteiger partial charge in [-0.05, 0) is 23.8 Å². The average Bonchev–Trinajstić information content (AvgIpc) is 2.34. The molecule has 0 unspecified atom stereocenters. The van der Waals surface area contributed by atoms with E-state index in [1.165, 1.54) is 12.1 Å². The number of halogens is 7. The maximum absolute atomic E-state index is 13.0. The van der Waals surface area contributed by atoms with Gasteiger partial charge >= 0.3 is 6.18 Å². The summed E-state index contributed by atoms with van der Waals surface area (Å²) in [6, 6.07) is 3.35. The second kappa shape index (κ2) is 5.60. The number of aromatic nitrogens is 1. The molecule has 0 aliphatic rings. The molecule has 20 heavy (non-hydrogen) atoms. The van der Waals surface area contributed by atoms with E-state index in [4.69, 9.17) is 46.4 Å². The Morgan fingerprint density at radius 3 is 2.00 bits per heavy atom. The lowest BCUT2D eigenvalue weighted by atomic mass is 10.0. The summed E-state index contributed by atoms with van der Waals surface area (Å²) in [5.41, 5.74) is -1.12. The van der Waals surface area contributed by atoms with Crippen molar-refractivity contribution in [2.24, 2.45) is 0 Å². The van der Waals surface area contributed by atoms with Crippen LogP contribution in [-0.2, 0) is 6.18 Å². The van der Waals surface area contributed by atoms with Crippen molar-refractivity contribution in [3.63, 3.8) is 0 Å². The Labute approximate surface area is 132 Å². The van der Waals surface area contributed by atoms with Crippen LogP contribution in [0.3, 0.4) is 0 Å². The Kier molecular flexibility index (Phi) is 4.40. The van der Waals surface area contributed by atoms with E-state index in [9.17, 15) is 13.2 Å². The zero-order valence-electron chi connectivity index (χ0n) is 9.40. The first-order valence-electron chi connectivity index (χ1n) is 5.08. The molecule has 0 bridgehead atoms. The first kappa shape index (κ1) is 15.7. The molecule has 0 atom stereocenters. The molecule has 0 aliphatic carbocycles. The summed E-state index contributed by atoms with van der Waals surface area (Å²) in [5.74, 6) is 0. The number of nitrogens with zero attached hydrogens (tertiary/aromatic N) is 1. The fourth-order valence-electron chi connectivity index (χ4n) is 1.65. The van der Waals surface area contributed by atoms with E-state index < -0.39 is 11.7 Å². The third kappa shape index (κ3) is 2.98. The van der Waals surface area contributed by atoms with Crippen LogP contribution in [0, 0.1) is 0 Å². The smallest absolute Gasteiger partial charge is 0.244 e. The lowest BCUT2D eigenvalue weighted by Gasteiger charge is -2.14. The molecule has 0 saturated carbocycles. The highest BCUT2D eigenvalue weighted by Gasteiger charge is 2.35. The van der Waals surface area contributed by atoms with Crippen LogP contribution in [0.2, 0.25) is 20.2 Å². The minimum absolute atomic E-state index is 0.0298. The van der Waals surface area contributed by atoms with Gasteiger partial charge in [-0.3, -0.25) is 0 Å². The number of alkyl halides is 3. The standard InChI is InChI=1S/C12H4Cl4F3N/c13-7-3-5(4-8(14)10(7)15)9-6(12(17,18)19)1-2-20-11(9)16/h1-4H. The van der Waals surface area contributed by atoms with E-state index in [2.05, 4.69) is 4.98 Å². The van der Waals surface area contributed by atoms with Crippen molar-refractivity contribution < 1.29 is 13.2 Å². The molecule has 0 aliphatic heterocycles. The zero-order chi connectivity index (χ0) is 15.1. The molecule has 0 radical (unpaired) electrons. The van der Waals surface area contributed by atoms with Gasteiger partial charge < -0.3 is 0 Å². The summed E-state index contributed by atoms with van der Waals surface area (Å²) in [7, 11) is 0. The molecule has 0 amide bonds. The molecule has 106 valence electrons. The average molecular weight is 361 g/mol. The van der Waals surface area contributed by atoms with Gasteiger partial charge in [0.05, 0.1) is 20.6 Å². The second-order valence-electron chi connectivity index (χ2n) is 3.78. The Morgan fingerprint density at radius 1 is 0.950 bits per heavy atom. The first-order chi connectivity index (χ1) is 9.21. The van der Waals surface area contributed by atoms with Crippen molar-refractivity contribution in [3.8, 4) is 11.1 Å². The van der Waals surface area contributed by atoms with Gasteiger partial charge in [-0.15, -0.1) is 0 Å². The Bertz CT molecular complexity index is 647. The van der Waals surface area contributed by atoms with Crippen LogP contribution in [0.4, 0.5) is 13.2 Å². The van der Waals surface area contributed by atoms with Crippen molar-refractivity contribution in [1.82, 2.24) is 4.98 Å². The molecular weight excluding hydrogens is 357 g/mol. The molecule has 8 heteroatoms. The van der Waals surface area contributed by atoms with E-state index in [1.54, 1.807) is 0 Å². The molecule has 1 heterocycles. The predicted molar refractivity (Wildman–Crippen MR) is 74.7 cm³/mol. The summed E-state index contributed by atoms with van der Waals surface area (Å²) in [4.78, 5) is 3.66. The number of hydrogen-bond donors (Lipinski definition) is 0. The third-order valence-electron chi connectivity index (χ3n) is 2.48. The van der Waals surface area contributed by atoms with Crippen molar-refractivity contribution in [2.75, 3.05) is 0 Å². The van der Waals surface area contributed by atoms with Crippen LogP contribution in [0.15, 0.2) is 24.4 Å². The van der Waals surface area contributed by atoms with E-state index in [1.807, 2.05) is 0 Å². The van der Waals surface area contributed by atoms with Gasteiger partial charge in [0.25, 0.3) is 0 Å². The van der Waals surface area contributed by atoms with E-state index in [0.717, 1.165) is 12.3 Å². The summed E-state index contributed by atoms with van der Waals surface area (Å²) in [6.07, 6.45) is -3.60. The third-order valence-corrected chi connectivity index (χ3v) is 3.97. The highest BCUT2D eigenvalue weighted by molar-refractivity contribution is 6.48. The predicted octanol–water partition coefficient (Wildman–Crippen LogP) is 6.38. The van der Waals surface area contributed by atoms with E-state index in [0.29, 0.717) is 0 Å². The number of benzene rings is 1. The van der Waals surface area contributed by atoms with E-state index >= 15 is 0 Å². The van der Waals surface area contributed by atoms with Gasteiger partial charge in [-0.25, -0.2) is 4.98 Å². The van der Waals surface area contributed by atoms with Gasteiger partial charge in [0.2, 0.25) is 0 Å². The summed E-state index contributed by atoms with van der Waals surface area (Å²) in [5, 5.41) is -0.177. The Hall–Kier alpha value is -0.680. The maximum atomic E-state index is 13.0. The lowest BCUT2D eigenvalue weighted by molar-refractivity contribution is -0.137. The SMILES string of the molecule is FC(F)(F)c1ccnc(Cl)c1-c1cc(Cl)c(Cl)c(Cl)c1. The molecule has 2 rings (SSSR count). The highest BCUT2D eigenvalue weighted by atomic mass is 35.5. The van der Waals surface area contributed by atoms with Crippen LogP contribution in [0.1, 0.15) is 5.56 Å². The minimum Gasteiger partial charge on any atom is -0.244 e. The molecule has 1 nitrogen and oxygen atoms in total. The first-order valence-corrected chi connectivity index (χ1v) is 6.59. The van der Waals surface area contributed by atoms with Gasteiger partial charge in [0, 0.05) is 11.8 Å². The normalized spacial score (nSPS) is 11.8. The largest absolute Gasteiger partial charge is 0.417 e. The fourth-order valence-corrected chi connectivity index (χ4v) is 2.51. The monoisotopic (exact) mass is 359 g/mol. The van der Waals surface area contributed by atoms with Crippen LogP contribution < -0.4 is 0 Å². The number of pyridine rings is 1. The molecule has 0 fully saturated rings. The second-order valence-corrected chi connectivity index (χ2v) is 5.33. The van der Waals surface area contributed by atoms with Crippen molar-refractivity contribution in [3.05, 3.63) is 50.2 Å². The summed E-state index contributed by atoms with van der Waals surface area (Å²) < 4.78 is 39.0. The van der Waals surface area contributed by atoms with Gasteiger partial charge in [0.15, 0.2) is 0 Å². The minimum atomic E-state index is -4.58. The number of rotatable bonds is 1. The van der Waals surface area contributed by atoms with Crippen LogP contribution in [-0.4, -0.2) is 4.98 Å². The number of hydrogen-bond acceptors (Lipinski definition) is 1. The van der Waals surface area contributed by atoms with Gasteiger partial charge in [0.1, 0.15) is 5.15 Å². The summed E-state index contributed by atoms with van der Waals surface area (Å²) >= 11 is 23.2. The highest BCUT2D eigenvalue weighted by Crippen LogP contribution is 2.42. The van der Waals surface area contributed by atoms with Crippen molar-refractivity contribution >= 4 is 46.4 Å². The van der Waals surface area contributed by atoms with Crippen LogP contribution in [0.5, 0.6) is 0 Å². The molecule has 1 aromatic heterocycles. The van der Waals surface area contributed by atoms with Gasteiger partial charge in [-0.1, -0.05) is 46.4 Å². The topological polar surface area (TPSA) is 12.9 Å². The maximum Gasteiger partial charge on any atom is 0.417 e. The molecule has 1 aromatic carbocycles. The van der Waals surface area contributed by atoms with Crippen LogP contribution in [0.25, 0.3) is 11.1 Å². The zero-order valence-corrected chi connectivity index (χ0v) is 12.4. The quantitative estimate of drug-likeness (QED) is 0.424. The fraction of sp³-hybridized carbons (Fsp3) is 0.0833. The molecule has 2 aromatic rings. The van der Waals surface area contributed by atoms with Crippen molar-refractivity contribution in [1.29, 1.82) is 0 Å². The van der Waals surface area contributed by atoms with Crippen LogP contribution >= 0.6 is 46.4 Å².